The number of rotatable bonds is 5. The molecule has 0 spiro atoms. The summed E-state index contributed by atoms with van der Waals surface area (Å²) in [5, 5.41) is 13.5. The van der Waals surface area contributed by atoms with Gasteiger partial charge in [-0.15, -0.1) is 0 Å². The standard InChI is InChI=1S/C15H17N3O3/c1-3-16-13(19)9-18(2)14-11-7-5-4-6-10(11)8-12(17-14)15(20)21/h4-8H,3,9H2,1-2H3,(H,16,19)(H,20,21). The fraction of sp³-hybridized carbons (Fsp3) is 0.267. The molecule has 0 saturated carbocycles. The molecule has 0 aliphatic heterocycles. The van der Waals surface area contributed by atoms with Crippen LogP contribution in [0.25, 0.3) is 10.8 Å². The summed E-state index contributed by atoms with van der Waals surface area (Å²) in [7, 11) is 1.72. The quantitative estimate of drug-likeness (QED) is 0.871. The molecule has 110 valence electrons. The molecule has 0 unspecified atom stereocenters. The van der Waals surface area contributed by atoms with Gasteiger partial charge in [0, 0.05) is 19.0 Å². The van der Waals surface area contributed by atoms with Crippen molar-refractivity contribution in [2.75, 3.05) is 25.0 Å². The third-order valence-corrected chi connectivity index (χ3v) is 3.06. The first-order valence-electron chi connectivity index (χ1n) is 6.64. The Morgan fingerprint density at radius 2 is 2.05 bits per heavy atom. The molecule has 1 heterocycles. The van der Waals surface area contributed by atoms with Gasteiger partial charge in [0.2, 0.25) is 5.91 Å². The predicted octanol–water partition coefficient (Wildman–Crippen LogP) is 1.51. The smallest absolute Gasteiger partial charge is 0.354 e. The van der Waals surface area contributed by atoms with Crippen LogP contribution in [0.3, 0.4) is 0 Å². The molecular weight excluding hydrogens is 270 g/mol. The fourth-order valence-corrected chi connectivity index (χ4v) is 2.12. The highest BCUT2D eigenvalue weighted by atomic mass is 16.4. The van der Waals surface area contributed by atoms with Crippen molar-refractivity contribution in [3.63, 3.8) is 0 Å². The van der Waals surface area contributed by atoms with Gasteiger partial charge in [0.1, 0.15) is 5.82 Å². The van der Waals surface area contributed by atoms with E-state index in [1.165, 1.54) is 6.07 Å². The van der Waals surface area contributed by atoms with Crippen molar-refractivity contribution in [2.45, 2.75) is 6.92 Å². The van der Waals surface area contributed by atoms with E-state index >= 15 is 0 Å². The van der Waals surface area contributed by atoms with Crippen molar-refractivity contribution < 1.29 is 14.7 Å². The summed E-state index contributed by atoms with van der Waals surface area (Å²) < 4.78 is 0. The van der Waals surface area contributed by atoms with Gasteiger partial charge in [0.15, 0.2) is 5.69 Å². The third kappa shape index (κ3) is 3.28. The molecule has 1 amide bonds. The second kappa shape index (κ2) is 6.21. The summed E-state index contributed by atoms with van der Waals surface area (Å²) in [5.74, 6) is -0.739. The first-order valence-corrected chi connectivity index (χ1v) is 6.64. The van der Waals surface area contributed by atoms with E-state index in [1.807, 2.05) is 31.2 Å². The number of fused-ring (bicyclic) bond motifs is 1. The normalized spacial score (nSPS) is 10.4. The van der Waals surface area contributed by atoms with Crippen LogP contribution >= 0.6 is 0 Å². The number of carbonyl (C=O) groups is 2. The number of hydrogen-bond acceptors (Lipinski definition) is 4. The molecule has 0 aliphatic carbocycles. The number of pyridine rings is 1. The van der Waals surface area contributed by atoms with Gasteiger partial charge in [0.25, 0.3) is 0 Å². The maximum absolute atomic E-state index is 11.7. The van der Waals surface area contributed by atoms with Gasteiger partial charge in [-0.2, -0.15) is 0 Å². The Morgan fingerprint density at radius 3 is 2.71 bits per heavy atom. The Balaban J connectivity index is 2.45. The molecule has 0 fully saturated rings. The van der Waals surface area contributed by atoms with Crippen LogP contribution in [0.15, 0.2) is 30.3 Å². The molecule has 1 aromatic heterocycles. The van der Waals surface area contributed by atoms with Crippen molar-refractivity contribution in [2.24, 2.45) is 0 Å². The maximum atomic E-state index is 11.7. The van der Waals surface area contributed by atoms with Crippen molar-refractivity contribution in [3.05, 3.63) is 36.0 Å². The van der Waals surface area contributed by atoms with Crippen molar-refractivity contribution in [1.82, 2.24) is 10.3 Å². The highest BCUT2D eigenvalue weighted by Gasteiger charge is 2.15. The lowest BCUT2D eigenvalue weighted by Crippen LogP contribution is -2.35. The van der Waals surface area contributed by atoms with Crippen LogP contribution in [0.1, 0.15) is 17.4 Å². The molecule has 1 aromatic carbocycles. The monoisotopic (exact) mass is 287 g/mol. The number of amides is 1. The molecule has 6 heteroatoms. The van der Waals surface area contributed by atoms with E-state index in [0.717, 1.165) is 10.8 Å². The lowest BCUT2D eigenvalue weighted by Gasteiger charge is -2.20. The Bertz CT molecular complexity index is 685. The van der Waals surface area contributed by atoms with E-state index in [2.05, 4.69) is 10.3 Å². The average Bonchev–Trinajstić information content (AvgIpc) is 2.46. The minimum atomic E-state index is -1.09. The van der Waals surface area contributed by atoms with E-state index in [9.17, 15) is 9.59 Å². The topological polar surface area (TPSA) is 82.5 Å². The summed E-state index contributed by atoms with van der Waals surface area (Å²) in [5.41, 5.74) is -0.0357. The van der Waals surface area contributed by atoms with Crippen LogP contribution in [-0.4, -0.2) is 42.1 Å². The number of benzene rings is 1. The zero-order chi connectivity index (χ0) is 15.4. The van der Waals surface area contributed by atoms with Crippen molar-refractivity contribution in [3.8, 4) is 0 Å². The van der Waals surface area contributed by atoms with Crippen molar-refractivity contribution >= 4 is 28.5 Å². The summed E-state index contributed by atoms with van der Waals surface area (Å²) in [4.78, 5) is 28.7. The van der Waals surface area contributed by atoms with Gasteiger partial charge < -0.3 is 15.3 Å². The number of carboxylic acid groups (broad SMARTS) is 1. The Labute approximate surface area is 122 Å². The largest absolute Gasteiger partial charge is 0.477 e. The molecule has 21 heavy (non-hydrogen) atoms. The van der Waals surface area contributed by atoms with Crippen LogP contribution in [-0.2, 0) is 4.79 Å². The Kier molecular flexibility index (Phi) is 4.37. The van der Waals surface area contributed by atoms with Gasteiger partial charge in [-0.05, 0) is 18.4 Å². The van der Waals surface area contributed by atoms with Crippen LogP contribution < -0.4 is 10.2 Å². The highest BCUT2D eigenvalue weighted by Crippen LogP contribution is 2.25. The second-order valence-corrected chi connectivity index (χ2v) is 4.67. The van der Waals surface area contributed by atoms with E-state index in [-0.39, 0.29) is 18.1 Å². The lowest BCUT2D eigenvalue weighted by atomic mass is 10.1. The molecule has 0 radical (unpaired) electrons. The highest BCUT2D eigenvalue weighted by molar-refractivity contribution is 5.98. The minimum absolute atomic E-state index is 0.0357. The number of hydrogen-bond donors (Lipinski definition) is 2. The summed E-state index contributed by atoms with van der Waals surface area (Å²) in [6.07, 6.45) is 0. The number of nitrogens with one attached hydrogen (secondary N) is 1. The lowest BCUT2D eigenvalue weighted by molar-refractivity contribution is -0.119. The molecule has 2 rings (SSSR count). The molecule has 0 bridgehead atoms. The summed E-state index contributed by atoms with van der Waals surface area (Å²) in [6, 6.07) is 8.90. The zero-order valence-corrected chi connectivity index (χ0v) is 12.0. The van der Waals surface area contributed by atoms with E-state index < -0.39 is 5.97 Å². The average molecular weight is 287 g/mol. The number of likely N-dealkylation sites (N-methyl/N-ethyl adjacent to an activating group) is 2. The zero-order valence-electron chi connectivity index (χ0n) is 12.0. The van der Waals surface area contributed by atoms with Gasteiger partial charge in [-0.1, -0.05) is 24.3 Å². The molecule has 0 saturated heterocycles. The first-order chi connectivity index (χ1) is 10.0. The van der Waals surface area contributed by atoms with Gasteiger partial charge in [0.05, 0.1) is 6.54 Å². The fourth-order valence-electron chi connectivity index (χ4n) is 2.12. The van der Waals surface area contributed by atoms with Gasteiger partial charge in [-0.25, -0.2) is 9.78 Å². The maximum Gasteiger partial charge on any atom is 0.354 e. The number of carbonyl (C=O) groups excluding carboxylic acids is 1. The molecule has 6 nitrogen and oxygen atoms in total. The second-order valence-electron chi connectivity index (χ2n) is 4.67. The van der Waals surface area contributed by atoms with Crippen LogP contribution in [0, 0.1) is 0 Å². The van der Waals surface area contributed by atoms with Crippen LogP contribution in [0.5, 0.6) is 0 Å². The van der Waals surface area contributed by atoms with Crippen LogP contribution in [0.4, 0.5) is 5.82 Å². The number of carboxylic acids is 1. The minimum Gasteiger partial charge on any atom is -0.477 e. The number of anilines is 1. The number of aromatic nitrogens is 1. The van der Waals surface area contributed by atoms with Crippen molar-refractivity contribution in [1.29, 1.82) is 0 Å². The molecule has 0 aliphatic rings. The predicted molar refractivity (Wildman–Crippen MR) is 80.7 cm³/mol. The van der Waals surface area contributed by atoms with Gasteiger partial charge in [-0.3, -0.25) is 4.79 Å². The Hall–Kier alpha value is -2.63. The summed E-state index contributed by atoms with van der Waals surface area (Å²) in [6.45, 7) is 2.51. The van der Waals surface area contributed by atoms with E-state index in [0.29, 0.717) is 12.4 Å². The van der Waals surface area contributed by atoms with Crippen LogP contribution in [0.2, 0.25) is 0 Å². The summed E-state index contributed by atoms with van der Waals surface area (Å²) >= 11 is 0. The van der Waals surface area contributed by atoms with E-state index in [4.69, 9.17) is 5.11 Å². The number of nitrogens with zero attached hydrogens (tertiary/aromatic N) is 2. The Morgan fingerprint density at radius 1 is 1.33 bits per heavy atom. The molecule has 2 N–H and O–H groups in total. The van der Waals surface area contributed by atoms with Gasteiger partial charge >= 0.3 is 5.97 Å². The van der Waals surface area contributed by atoms with E-state index in [1.54, 1.807) is 11.9 Å². The number of aromatic carboxylic acids is 1. The molecule has 2 aromatic rings. The first kappa shape index (κ1) is 14.8. The molecular formula is C15H17N3O3. The third-order valence-electron chi connectivity index (χ3n) is 3.06. The molecule has 0 atom stereocenters. The SMILES string of the molecule is CCNC(=O)CN(C)c1nc(C(=O)O)cc2ccccc12.